The highest BCUT2D eigenvalue weighted by Crippen LogP contribution is 2.32. The van der Waals surface area contributed by atoms with Gasteiger partial charge in [0.1, 0.15) is 0 Å². The average Bonchev–Trinajstić information content (AvgIpc) is 2.69. The maximum atomic E-state index is 6.40. The average molecular weight is 231 g/mol. The smallest absolute Gasteiger partial charge is 0.0459 e. The molecule has 3 nitrogen and oxygen atoms in total. The van der Waals surface area contributed by atoms with Crippen molar-refractivity contribution >= 4 is 0 Å². The van der Waals surface area contributed by atoms with Crippen LogP contribution in [0.1, 0.15) is 17.2 Å². The van der Waals surface area contributed by atoms with E-state index in [0.29, 0.717) is 6.04 Å². The van der Waals surface area contributed by atoms with Crippen LogP contribution in [0.3, 0.4) is 0 Å². The van der Waals surface area contributed by atoms with Crippen LogP contribution < -0.4 is 5.73 Å². The number of rotatable bonds is 1. The van der Waals surface area contributed by atoms with E-state index in [-0.39, 0.29) is 6.04 Å². The maximum Gasteiger partial charge on any atom is 0.0459 e. The Morgan fingerprint density at radius 2 is 1.82 bits per heavy atom. The van der Waals surface area contributed by atoms with Crippen LogP contribution in [0.15, 0.2) is 24.3 Å². The molecule has 0 saturated carbocycles. The number of hydrogen-bond acceptors (Lipinski definition) is 3. The van der Waals surface area contributed by atoms with E-state index in [9.17, 15) is 0 Å². The number of fused-ring (bicyclic) bond motifs is 1. The standard InChI is InChI=1S/C14H21N3/c1-16-6-8-17(9-7-16)13-10-11-4-2-3-5-12(11)14(13)15/h2-5,13-14H,6-10,15H2,1H3. The molecular weight excluding hydrogens is 210 g/mol. The van der Waals surface area contributed by atoms with E-state index in [4.69, 9.17) is 5.73 Å². The van der Waals surface area contributed by atoms with Crippen LogP contribution in [0.25, 0.3) is 0 Å². The molecule has 1 aromatic rings. The summed E-state index contributed by atoms with van der Waals surface area (Å²) in [6.45, 7) is 4.64. The fourth-order valence-corrected chi connectivity index (χ4v) is 3.11. The van der Waals surface area contributed by atoms with Gasteiger partial charge in [-0.25, -0.2) is 0 Å². The first-order valence-electron chi connectivity index (χ1n) is 6.51. The molecule has 1 fully saturated rings. The predicted molar refractivity (Wildman–Crippen MR) is 69.9 cm³/mol. The second-order valence-corrected chi connectivity index (χ2v) is 5.34. The Labute approximate surface area is 103 Å². The maximum absolute atomic E-state index is 6.40. The molecule has 0 bridgehead atoms. The summed E-state index contributed by atoms with van der Waals surface area (Å²) in [5, 5.41) is 0. The van der Waals surface area contributed by atoms with Gasteiger partial charge < -0.3 is 10.6 Å². The van der Waals surface area contributed by atoms with Gasteiger partial charge in [-0.2, -0.15) is 0 Å². The van der Waals surface area contributed by atoms with Crippen LogP contribution in [0.4, 0.5) is 0 Å². The number of nitrogens with two attached hydrogens (primary N) is 1. The molecule has 1 aromatic carbocycles. The molecule has 1 aliphatic heterocycles. The first kappa shape index (κ1) is 11.2. The predicted octanol–water partition coefficient (Wildman–Crippen LogP) is 0.858. The Bertz CT molecular complexity index is 396. The van der Waals surface area contributed by atoms with Crippen LogP contribution >= 0.6 is 0 Å². The summed E-state index contributed by atoms with van der Waals surface area (Å²) >= 11 is 0. The van der Waals surface area contributed by atoms with E-state index in [2.05, 4.69) is 41.1 Å². The Hall–Kier alpha value is -0.900. The molecular formula is C14H21N3. The molecule has 0 amide bonds. The Morgan fingerprint density at radius 1 is 1.12 bits per heavy atom. The topological polar surface area (TPSA) is 32.5 Å². The van der Waals surface area contributed by atoms with Gasteiger partial charge in [0.25, 0.3) is 0 Å². The van der Waals surface area contributed by atoms with Gasteiger partial charge in [-0.3, -0.25) is 4.90 Å². The highest BCUT2D eigenvalue weighted by molar-refractivity contribution is 5.36. The fraction of sp³-hybridized carbons (Fsp3) is 0.571. The van der Waals surface area contributed by atoms with E-state index in [1.165, 1.54) is 24.2 Å². The summed E-state index contributed by atoms with van der Waals surface area (Å²) < 4.78 is 0. The molecule has 0 spiro atoms. The number of likely N-dealkylation sites (N-methyl/N-ethyl adjacent to an activating group) is 1. The van der Waals surface area contributed by atoms with Crippen molar-refractivity contribution in [3.05, 3.63) is 35.4 Å². The van der Waals surface area contributed by atoms with Crippen molar-refractivity contribution in [2.24, 2.45) is 5.73 Å². The summed E-state index contributed by atoms with van der Waals surface area (Å²) in [6.07, 6.45) is 1.13. The molecule has 2 N–H and O–H groups in total. The number of hydrogen-bond donors (Lipinski definition) is 1. The van der Waals surface area contributed by atoms with Gasteiger partial charge in [0.2, 0.25) is 0 Å². The van der Waals surface area contributed by atoms with Crippen molar-refractivity contribution in [3.8, 4) is 0 Å². The molecule has 1 heterocycles. The molecule has 3 heteroatoms. The Kier molecular flexibility index (Phi) is 2.90. The van der Waals surface area contributed by atoms with Crippen molar-refractivity contribution in [1.29, 1.82) is 0 Å². The zero-order valence-corrected chi connectivity index (χ0v) is 10.5. The minimum absolute atomic E-state index is 0.203. The molecule has 0 aromatic heterocycles. The zero-order chi connectivity index (χ0) is 11.8. The van der Waals surface area contributed by atoms with Crippen molar-refractivity contribution in [2.75, 3.05) is 33.2 Å². The number of benzene rings is 1. The van der Waals surface area contributed by atoms with E-state index in [0.717, 1.165) is 19.5 Å². The fourth-order valence-electron chi connectivity index (χ4n) is 3.11. The van der Waals surface area contributed by atoms with Crippen molar-refractivity contribution in [2.45, 2.75) is 18.5 Å². The summed E-state index contributed by atoms with van der Waals surface area (Å²) in [5.74, 6) is 0. The van der Waals surface area contributed by atoms with E-state index >= 15 is 0 Å². The summed E-state index contributed by atoms with van der Waals surface area (Å²) in [4.78, 5) is 4.97. The molecule has 2 atom stereocenters. The van der Waals surface area contributed by atoms with Gasteiger partial charge in [-0.15, -0.1) is 0 Å². The Morgan fingerprint density at radius 3 is 2.53 bits per heavy atom. The quantitative estimate of drug-likeness (QED) is 0.778. The third-order valence-corrected chi connectivity index (χ3v) is 4.26. The minimum atomic E-state index is 0.203. The first-order chi connectivity index (χ1) is 8.25. The summed E-state index contributed by atoms with van der Waals surface area (Å²) in [6, 6.07) is 9.36. The van der Waals surface area contributed by atoms with E-state index < -0.39 is 0 Å². The van der Waals surface area contributed by atoms with Crippen LogP contribution in [-0.2, 0) is 6.42 Å². The molecule has 2 unspecified atom stereocenters. The molecule has 92 valence electrons. The second-order valence-electron chi connectivity index (χ2n) is 5.34. The molecule has 17 heavy (non-hydrogen) atoms. The highest BCUT2D eigenvalue weighted by atomic mass is 15.3. The van der Waals surface area contributed by atoms with E-state index in [1.807, 2.05) is 0 Å². The lowest BCUT2D eigenvalue weighted by molar-refractivity contribution is 0.103. The lowest BCUT2D eigenvalue weighted by atomic mass is 10.1. The molecule has 0 radical (unpaired) electrons. The number of piperazine rings is 1. The first-order valence-corrected chi connectivity index (χ1v) is 6.51. The van der Waals surface area contributed by atoms with Crippen LogP contribution in [0, 0.1) is 0 Å². The van der Waals surface area contributed by atoms with Gasteiger partial charge in [0, 0.05) is 38.3 Å². The Balaban J connectivity index is 1.75. The molecule has 1 aliphatic carbocycles. The van der Waals surface area contributed by atoms with Crippen LogP contribution in [-0.4, -0.2) is 49.1 Å². The third-order valence-electron chi connectivity index (χ3n) is 4.26. The monoisotopic (exact) mass is 231 g/mol. The highest BCUT2D eigenvalue weighted by Gasteiger charge is 2.34. The van der Waals surface area contributed by atoms with Gasteiger partial charge in [0.15, 0.2) is 0 Å². The zero-order valence-electron chi connectivity index (χ0n) is 10.5. The van der Waals surface area contributed by atoms with Crippen molar-refractivity contribution < 1.29 is 0 Å². The van der Waals surface area contributed by atoms with Gasteiger partial charge in [-0.1, -0.05) is 24.3 Å². The lowest BCUT2D eigenvalue weighted by Gasteiger charge is -2.38. The minimum Gasteiger partial charge on any atom is -0.323 e. The second kappa shape index (κ2) is 4.41. The van der Waals surface area contributed by atoms with Gasteiger partial charge >= 0.3 is 0 Å². The molecule has 3 rings (SSSR count). The summed E-state index contributed by atoms with van der Waals surface area (Å²) in [7, 11) is 2.20. The van der Waals surface area contributed by atoms with Gasteiger partial charge in [-0.05, 0) is 24.6 Å². The van der Waals surface area contributed by atoms with Crippen LogP contribution in [0.2, 0.25) is 0 Å². The van der Waals surface area contributed by atoms with Crippen LogP contribution in [0.5, 0.6) is 0 Å². The SMILES string of the molecule is CN1CCN(C2Cc3ccccc3C2N)CC1. The van der Waals surface area contributed by atoms with Crippen molar-refractivity contribution in [1.82, 2.24) is 9.80 Å². The lowest BCUT2D eigenvalue weighted by Crippen LogP contribution is -2.51. The molecule has 2 aliphatic rings. The van der Waals surface area contributed by atoms with Gasteiger partial charge in [0.05, 0.1) is 0 Å². The largest absolute Gasteiger partial charge is 0.323 e. The third kappa shape index (κ3) is 1.99. The molecule has 1 saturated heterocycles. The summed E-state index contributed by atoms with van der Waals surface area (Å²) in [5.41, 5.74) is 9.21. The normalized spacial score (nSPS) is 30.5. The van der Waals surface area contributed by atoms with E-state index in [1.54, 1.807) is 0 Å². The van der Waals surface area contributed by atoms with Crippen molar-refractivity contribution in [3.63, 3.8) is 0 Å². The number of nitrogens with zero attached hydrogens (tertiary/aromatic N) is 2.